The number of hydrogen-bond donors (Lipinski definition) is 1. The van der Waals surface area contributed by atoms with Crippen molar-refractivity contribution in [3.63, 3.8) is 0 Å². The Kier molecular flexibility index (Phi) is 4.03. The molecule has 2 aromatic rings. The first-order valence-electron chi connectivity index (χ1n) is 7.59. The van der Waals surface area contributed by atoms with Crippen LogP contribution >= 0.6 is 0 Å². The van der Waals surface area contributed by atoms with Crippen LogP contribution in [0, 0.1) is 11.3 Å². The summed E-state index contributed by atoms with van der Waals surface area (Å²) >= 11 is 0. The zero-order valence-electron chi connectivity index (χ0n) is 12.3. The molecule has 21 heavy (non-hydrogen) atoms. The molecule has 1 aliphatic carbocycles. The molecule has 0 saturated heterocycles. The van der Waals surface area contributed by atoms with E-state index in [1.165, 1.54) is 29.5 Å². The van der Waals surface area contributed by atoms with Crippen LogP contribution in [0.1, 0.15) is 54.0 Å². The molecule has 2 unspecified atom stereocenters. The van der Waals surface area contributed by atoms with E-state index < -0.39 is 0 Å². The van der Waals surface area contributed by atoms with Crippen LogP contribution in [0.2, 0.25) is 0 Å². The van der Waals surface area contributed by atoms with Crippen LogP contribution in [-0.4, -0.2) is 0 Å². The van der Waals surface area contributed by atoms with Gasteiger partial charge in [-0.25, -0.2) is 0 Å². The molecule has 0 saturated carbocycles. The van der Waals surface area contributed by atoms with Gasteiger partial charge in [-0.05, 0) is 47.6 Å². The minimum absolute atomic E-state index is 0.438. The number of nitriles is 1. The fourth-order valence-electron chi connectivity index (χ4n) is 3.15. The van der Waals surface area contributed by atoms with Crippen LogP contribution < -0.4 is 5.32 Å². The molecule has 0 fully saturated rings. The Morgan fingerprint density at radius 3 is 2.48 bits per heavy atom. The van der Waals surface area contributed by atoms with Gasteiger partial charge in [0.1, 0.15) is 0 Å². The molecule has 0 aromatic heterocycles. The van der Waals surface area contributed by atoms with Crippen LogP contribution in [0.3, 0.4) is 0 Å². The Hall–Kier alpha value is -2.11. The first kappa shape index (κ1) is 13.9. The van der Waals surface area contributed by atoms with Crippen molar-refractivity contribution in [2.75, 3.05) is 0 Å². The Morgan fingerprint density at radius 2 is 1.76 bits per heavy atom. The van der Waals surface area contributed by atoms with E-state index in [0.29, 0.717) is 12.0 Å². The second-order valence-corrected chi connectivity index (χ2v) is 5.85. The zero-order chi connectivity index (χ0) is 14.7. The third-order valence-corrected chi connectivity index (χ3v) is 4.43. The van der Waals surface area contributed by atoms with E-state index >= 15 is 0 Å². The Labute approximate surface area is 126 Å². The fourth-order valence-corrected chi connectivity index (χ4v) is 3.15. The summed E-state index contributed by atoms with van der Waals surface area (Å²) in [6.45, 7) is 3.16. The monoisotopic (exact) mass is 276 g/mol. The lowest BCUT2D eigenvalue weighted by Crippen LogP contribution is -2.25. The van der Waals surface area contributed by atoms with Crippen molar-refractivity contribution in [1.29, 1.82) is 5.26 Å². The molecule has 2 nitrogen and oxygen atoms in total. The largest absolute Gasteiger partial charge is 0.306 e. The topological polar surface area (TPSA) is 35.8 Å². The van der Waals surface area contributed by atoms with Gasteiger partial charge in [-0.3, -0.25) is 0 Å². The van der Waals surface area contributed by atoms with Crippen LogP contribution in [0.25, 0.3) is 0 Å². The van der Waals surface area contributed by atoms with Gasteiger partial charge in [0.2, 0.25) is 0 Å². The van der Waals surface area contributed by atoms with Crippen molar-refractivity contribution in [3.05, 3.63) is 70.8 Å². The van der Waals surface area contributed by atoms with E-state index in [9.17, 15) is 0 Å². The summed E-state index contributed by atoms with van der Waals surface area (Å²) in [7, 11) is 0. The number of nitrogens with zero attached hydrogens (tertiary/aromatic N) is 1. The first-order valence-corrected chi connectivity index (χ1v) is 7.59. The first-order chi connectivity index (χ1) is 10.3. The van der Waals surface area contributed by atoms with Gasteiger partial charge in [-0.2, -0.15) is 5.26 Å². The van der Waals surface area contributed by atoms with Gasteiger partial charge in [-0.1, -0.05) is 43.3 Å². The maximum absolute atomic E-state index is 8.83. The maximum atomic E-state index is 8.83. The molecular weight excluding hydrogens is 256 g/mol. The summed E-state index contributed by atoms with van der Waals surface area (Å²) < 4.78 is 0. The van der Waals surface area contributed by atoms with Gasteiger partial charge < -0.3 is 5.32 Å². The Morgan fingerprint density at radius 1 is 1.05 bits per heavy atom. The second kappa shape index (κ2) is 6.11. The van der Waals surface area contributed by atoms with E-state index in [1.807, 2.05) is 24.3 Å². The van der Waals surface area contributed by atoms with Gasteiger partial charge in [0.15, 0.2) is 0 Å². The number of rotatable bonds is 3. The molecule has 2 atom stereocenters. The molecule has 0 spiro atoms. The number of benzene rings is 2. The smallest absolute Gasteiger partial charge is 0.0991 e. The highest BCUT2D eigenvalue weighted by atomic mass is 14.9. The number of hydrogen-bond acceptors (Lipinski definition) is 2. The average molecular weight is 276 g/mol. The summed E-state index contributed by atoms with van der Waals surface area (Å²) in [4.78, 5) is 0. The number of fused-ring (bicyclic) bond motifs is 1. The van der Waals surface area contributed by atoms with Gasteiger partial charge >= 0.3 is 0 Å². The molecule has 1 aliphatic rings. The quantitative estimate of drug-likeness (QED) is 0.908. The van der Waals surface area contributed by atoms with Crippen molar-refractivity contribution in [1.82, 2.24) is 5.32 Å². The van der Waals surface area contributed by atoms with Gasteiger partial charge in [0, 0.05) is 12.6 Å². The highest BCUT2D eigenvalue weighted by Gasteiger charge is 2.23. The molecular formula is C19H20N2. The lowest BCUT2D eigenvalue weighted by atomic mass is 9.81. The molecule has 2 heteroatoms. The van der Waals surface area contributed by atoms with Gasteiger partial charge in [0.05, 0.1) is 11.6 Å². The third-order valence-electron chi connectivity index (χ3n) is 4.43. The molecule has 106 valence electrons. The Bertz CT molecular complexity index is 652. The predicted molar refractivity (Wildman–Crippen MR) is 84.8 cm³/mol. The van der Waals surface area contributed by atoms with Crippen molar-refractivity contribution in [3.8, 4) is 6.07 Å². The van der Waals surface area contributed by atoms with Crippen LogP contribution in [-0.2, 0) is 6.54 Å². The van der Waals surface area contributed by atoms with E-state index in [1.54, 1.807) is 0 Å². The summed E-state index contributed by atoms with van der Waals surface area (Å²) in [5.41, 5.74) is 4.88. The second-order valence-electron chi connectivity index (χ2n) is 5.85. The van der Waals surface area contributed by atoms with Crippen LogP contribution in [0.5, 0.6) is 0 Å². The minimum atomic E-state index is 0.438. The number of nitrogens with one attached hydrogen (secondary N) is 1. The standard InChI is InChI=1S/C19H20N2/c1-14-6-11-19(18-5-3-2-4-17(14)18)21-13-16-9-7-15(12-20)8-10-16/h2-5,7-10,14,19,21H,6,11,13H2,1H3. The van der Waals surface area contributed by atoms with Crippen molar-refractivity contribution in [2.45, 2.75) is 38.3 Å². The molecule has 0 amide bonds. The highest BCUT2D eigenvalue weighted by molar-refractivity contribution is 5.35. The molecule has 3 rings (SSSR count). The molecule has 2 aromatic carbocycles. The highest BCUT2D eigenvalue weighted by Crippen LogP contribution is 2.37. The van der Waals surface area contributed by atoms with Crippen molar-refractivity contribution >= 4 is 0 Å². The zero-order valence-corrected chi connectivity index (χ0v) is 12.3. The summed E-state index contributed by atoms with van der Waals surface area (Å²) in [6.07, 6.45) is 2.43. The summed E-state index contributed by atoms with van der Waals surface area (Å²) in [6, 6.07) is 19.2. The summed E-state index contributed by atoms with van der Waals surface area (Å²) in [5.74, 6) is 0.661. The van der Waals surface area contributed by atoms with Gasteiger partial charge in [0.25, 0.3) is 0 Å². The van der Waals surface area contributed by atoms with Gasteiger partial charge in [-0.15, -0.1) is 0 Å². The average Bonchev–Trinajstić information content (AvgIpc) is 2.55. The molecule has 0 heterocycles. The van der Waals surface area contributed by atoms with E-state index in [2.05, 4.69) is 42.6 Å². The predicted octanol–water partition coefficient (Wildman–Crippen LogP) is 4.29. The van der Waals surface area contributed by atoms with E-state index in [-0.39, 0.29) is 0 Å². The normalized spacial score (nSPS) is 20.6. The Balaban J connectivity index is 1.71. The van der Waals surface area contributed by atoms with Crippen molar-refractivity contribution in [2.24, 2.45) is 0 Å². The van der Waals surface area contributed by atoms with Crippen LogP contribution in [0.4, 0.5) is 0 Å². The lowest BCUT2D eigenvalue weighted by Gasteiger charge is -2.30. The van der Waals surface area contributed by atoms with Crippen LogP contribution in [0.15, 0.2) is 48.5 Å². The van der Waals surface area contributed by atoms with E-state index in [0.717, 1.165) is 12.1 Å². The third kappa shape index (κ3) is 2.99. The van der Waals surface area contributed by atoms with Crippen molar-refractivity contribution < 1.29 is 0 Å². The SMILES string of the molecule is CC1CCC(NCc2ccc(C#N)cc2)c2ccccc21. The molecule has 0 bridgehead atoms. The lowest BCUT2D eigenvalue weighted by molar-refractivity contribution is 0.431. The van der Waals surface area contributed by atoms with E-state index in [4.69, 9.17) is 5.26 Å². The molecule has 1 N–H and O–H groups in total. The molecule has 0 radical (unpaired) electrons. The minimum Gasteiger partial charge on any atom is -0.306 e. The maximum Gasteiger partial charge on any atom is 0.0991 e. The molecule has 0 aliphatic heterocycles. The fraction of sp³-hybridized carbons (Fsp3) is 0.316. The summed E-state index contributed by atoms with van der Waals surface area (Å²) in [5, 5.41) is 12.5.